The lowest BCUT2D eigenvalue weighted by Crippen LogP contribution is -2.19. The van der Waals surface area contributed by atoms with E-state index in [-0.39, 0.29) is 5.78 Å². The zero-order chi connectivity index (χ0) is 21.8. The Bertz CT molecular complexity index is 805. The van der Waals surface area contributed by atoms with Gasteiger partial charge in [0.15, 0.2) is 5.78 Å². The van der Waals surface area contributed by atoms with Crippen LogP contribution in [0.4, 0.5) is 0 Å². The summed E-state index contributed by atoms with van der Waals surface area (Å²) in [5.41, 5.74) is 1.02. The van der Waals surface area contributed by atoms with Gasteiger partial charge in [0.2, 0.25) is 0 Å². The summed E-state index contributed by atoms with van der Waals surface area (Å²) in [4.78, 5) is 14.9. The molecule has 2 aromatic carbocycles. The number of nitrogens with zero attached hydrogens (tertiary/aromatic N) is 1. The maximum Gasteiger partial charge on any atom is 0.194 e. The molecule has 0 bridgehead atoms. The lowest BCUT2D eigenvalue weighted by Gasteiger charge is -2.13. The van der Waals surface area contributed by atoms with Gasteiger partial charge in [0, 0.05) is 22.7 Å². The van der Waals surface area contributed by atoms with Crippen molar-refractivity contribution in [3.63, 3.8) is 0 Å². The second-order valence-electron chi connectivity index (χ2n) is 7.50. The number of halogens is 2. The SMILES string of the molecule is C=CCN(C)CCCCCCCCOc1ccc(C(=O)c2ccc(Cl)cc2Cl)cc1. The lowest BCUT2D eigenvalue weighted by molar-refractivity contribution is 0.103. The highest BCUT2D eigenvalue weighted by molar-refractivity contribution is 6.37. The molecule has 0 spiro atoms. The number of carbonyl (C=O) groups excluding carboxylic acids is 1. The highest BCUT2D eigenvalue weighted by Crippen LogP contribution is 2.24. The van der Waals surface area contributed by atoms with Gasteiger partial charge >= 0.3 is 0 Å². The Kier molecular flexibility index (Phi) is 11.0. The van der Waals surface area contributed by atoms with Crippen LogP contribution in [-0.4, -0.2) is 37.4 Å². The van der Waals surface area contributed by atoms with E-state index >= 15 is 0 Å². The number of likely N-dealkylation sites (N-methyl/N-ethyl adjacent to an activating group) is 1. The second kappa shape index (κ2) is 13.5. The van der Waals surface area contributed by atoms with Gasteiger partial charge in [-0.15, -0.1) is 6.58 Å². The fourth-order valence-electron chi connectivity index (χ4n) is 3.22. The molecule has 0 fully saturated rings. The zero-order valence-corrected chi connectivity index (χ0v) is 19.2. The number of ketones is 1. The molecule has 0 unspecified atom stereocenters. The van der Waals surface area contributed by atoms with E-state index < -0.39 is 0 Å². The quantitative estimate of drug-likeness (QED) is 0.176. The molecule has 0 radical (unpaired) electrons. The Morgan fingerprint density at radius 3 is 2.33 bits per heavy atom. The van der Waals surface area contributed by atoms with Gasteiger partial charge < -0.3 is 9.64 Å². The summed E-state index contributed by atoms with van der Waals surface area (Å²) in [6.07, 6.45) is 9.19. The molecule has 0 aliphatic carbocycles. The van der Waals surface area contributed by atoms with Gasteiger partial charge in [-0.1, -0.05) is 55.0 Å². The predicted molar refractivity (Wildman–Crippen MR) is 127 cm³/mol. The van der Waals surface area contributed by atoms with Crippen molar-refractivity contribution >= 4 is 29.0 Å². The highest BCUT2D eigenvalue weighted by atomic mass is 35.5. The Labute approximate surface area is 190 Å². The molecule has 162 valence electrons. The Morgan fingerprint density at radius 2 is 1.67 bits per heavy atom. The molecule has 2 rings (SSSR count). The van der Waals surface area contributed by atoms with Gasteiger partial charge in [-0.2, -0.15) is 0 Å². The number of ether oxygens (including phenoxy) is 1. The number of hydrogen-bond acceptors (Lipinski definition) is 3. The van der Waals surface area contributed by atoms with E-state index in [4.69, 9.17) is 27.9 Å². The van der Waals surface area contributed by atoms with Crippen LogP contribution in [0.25, 0.3) is 0 Å². The molecule has 0 amide bonds. The van der Waals surface area contributed by atoms with Gasteiger partial charge in [-0.25, -0.2) is 0 Å². The van der Waals surface area contributed by atoms with Gasteiger partial charge in [0.25, 0.3) is 0 Å². The Hall–Kier alpha value is -1.81. The van der Waals surface area contributed by atoms with Crippen LogP contribution in [0, 0.1) is 0 Å². The van der Waals surface area contributed by atoms with Crippen molar-refractivity contribution in [1.82, 2.24) is 4.90 Å². The zero-order valence-electron chi connectivity index (χ0n) is 17.7. The average Bonchev–Trinajstić information content (AvgIpc) is 2.73. The highest BCUT2D eigenvalue weighted by Gasteiger charge is 2.13. The van der Waals surface area contributed by atoms with E-state index in [2.05, 4.69) is 18.5 Å². The van der Waals surface area contributed by atoms with Crippen molar-refractivity contribution in [2.75, 3.05) is 26.7 Å². The van der Waals surface area contributed by atoms with Gasteiger partial charge in [0.1, 0.15) is 5.75 Å². The van der Waals surface area contributed by atoms with E-state index in [1.54, 1.807) is 30.3 Å². The fourth-order valence-corrected chi connectivity index (χ4v) is 3.72. The molecule has 3 nitrogen and oxygen atoms in total. The summed E-state index contributed by atoms with van der Waals surface area (Å²) in [6, 6.07) is 12.1. The molecule has 0 aliphatic rings. The summed E-state index contributed by atoms with van der Waals surface area (Å²) >= 11 is 12.0. The van der Waals surface area contributed by atoms with Crippen LogP contribution in [0.3, 0.4) is 0 Å². The molecule has 0 heterocycles. The predicted octanol–water partition coefficient (Wildman–Crippen LogP) is 7.06. The minimum atomic E-state index is -0.126. The molecule has 5 heteroatoms. The fraction of sp³-hybridized carbons (Fsp3) is 0.400. The molecule has 0 aliphatic heterocycles. The first-order valence-corrected chi connectivity index (χ1v) is 11.3. The second-order valence-corrected chi connectivity index (χ2v) is 8.34. The summed E-state index contributed by atoms with van der Waals surface area (Å²) in [5, 5.41) is 0.869. The molecule has 30 heavy (non-hydrogen) atoms. The van der Waals surface area contributed by atoms with Gasteiger partial charge in [0.05, 0.1) is 11.6 Å². The summed E-state index contributed by atoms with van der Waals surface area (Å²) in [5.74, 6) is 0.651. The van der Waals surface area contributed by atoms with Crippen LogP contribution in [-0.2, 0) is 0 Å². The number of benzene rings is 2. The van der Waals surface area contributed by atoms with E-state index in [1.807, 2.05) is 18.2 Å². The molecular weight excluding hydrogens is 417 g/mol. The third kappa shape index (κ3) is 8.51. The largest absolute Gasteiger partial charge is 0.494 e. The lowest BCUT2D eigenvalue weighted by atomic mass is 10.0. The average molecular weight is 448 g/mol. The minimum absolute atomic E-state index is 0.126. The standard InChI is InChI=1S/C25H31Cl2NO2/c1-3-16-28(2)17-8-6-4-5-7-9-18-30-22-13-10-20(11-14-22)25(29)23-15-12-21(26)19-24(23)27/h3,10-15,19H,1,4-9,16-18H2,2H3. The van der Waals surface area contributed by atoms with Crippen LogP contribution in [0.15, 0.2) is 55.1 Å². The number of carbonyl (C=O) groups is 1. The van der Waals surface area contributed by atoms with Crippen molar-refractivity contribution in [2.45, 2.75) is 38.5 Å². The van der Waals surface area contributed by atoms with E-state index in [0.717, 1.165) is 25.3 Å². The summed E-state index contributed by atoms with van der Waals surface area (Å²) in [7, 11) is 2.13. The van der Waals surface area contributed by atoms with Crippen LogP contribution in [0.1, 0.15) is 54.4 Å². The maximum atomic E-state index is 12.6. The Morgan fingerprint density at radius 1 is 1.00 bits per heavy atom. The first-order chi connectivity index (χ1) is 14.5. The maximum absolute atomic E-state index is 12.6. The first kappa shape index (κ1) is 24.5. The number of unbranched alkanes of at least 4 members (excludes halogenated alkanes) is 5. The monoisotopic (exact) mass is 447 g/mol. The van der Waals surface area contributed by atoms with Crippen molar-refractivity contribution < 1.29 is 9.53 Å². The first-order valence-electron chi connectivity index (χ1n) is 10.5. The van der Waals surface area contributed by atoms with Crippen molar-refractivity contribution in [3.05, 3.63) is 76.3 Å². The van der Waals surface area contributed by atoms with Crippen LogP contribution in [0.2, 0.25) is 10.0 Å². The molecule has 0 atom stereocenters. The van der Waals surface area contributed by atoms with Crippen LogP contribution >= 0.6 is 23.2 Å². The van der Waals surface area contributed by atoms with Crippen molar-refractivity contribution in [1.29, 1.82) is 0 Å². The van der Waals surface area contributed by atoms with E-state index in [9.17, 15) is 4.79 Å². The van der Waals surface area contributed by atoms with Crippen LogP contribution < -0.4 is 4.74 Å². The normalized spacial score (nSPS) is 10.9. The van der Waals surface area contributed by atoms with Crippen molar-refractivity contribution in [2.24, 2.45) is 0 Å². The summed E-state index contributed by atoms with van der Waals surface area (Å²) < 4.78 is 5.80. The molecule has 0 N–H and O–H groups in total. The van der Waals surface area contributed by atoms with E-state index in [1.165, 1.54) is 32.1 Å². The molecule has 0 aromatic heterocycles. The summed E-state index contributed by atoms with van der Waals surface area (Å²) in [6.45, 7) is 6.55. The van der Waals surface area contributed by atoms with Gasteiger partial charge in [-0.3, -0.25) is 4.79 Å². The molecule has 2 aromatic rings. The number of hydrogen-bond donors (Lipinski definition) is 0. The van der Waals surface area contributed by atoms with E-state index in [0.29, 0.717) is 27.8 Å². The van der Waals surface area contributed by atoms with Crippen molar-refractivity contribution in [3.8, 4) is 5.75 Å². The Balaban J connectivity index is 1.63. The third-order valence-electron chi connectivity index (χ3n) is 4.94. The minimum Gasteiger partial charge on any atom is -0.494 e. The molecule has 0 saturated carbocycles. The third-order valence-corrected chi connectivity index (χ3v) is 5.48. The topological polar surface area (TPSA) is 29.5 Å². The molecular formula is C25H31Cl2NO2. The van der Waals surface area contributed by atoms with Gasteiger partial charge in [-0.05, 0) is 68.9 Å². The molecule has 0 saturated heterocycles. The smallest absolute Gasteiger partial charge is 0.194 e. The van der Waals surface area contributed by atoms with Crippen LogP contribution in [0.5, 0.6) is 5.75 Å². The number of rotatable bonds is 14.